The number of fused-ring (bicyclic) bond motifs is 2. The monoisotopic (exact) mass is 446 g/mol. The normalized spacial score (nSPS) is 16.5. The smallest absolute Gasteiger partial charge is 0.206 e. The first-order valence-corrected chi connectivity index (χ1v) is 10.8. The van der Waals surface area contributed by atoms with Crippen molar-refractivity contribution in [2.75, 3.05) is 0 Å². The van der Waals surface area contributed by atoms with Crippen molar-refractivity contribution in [2.45, 2.75) is 0 Å². The number of hydrogen-bond acceptors (Lipinski definition) is 6. The van der Waals surface area contributed by atoms with E-state index in [9.17, 15) is 19.2 Å². The summed E-state index contributed by atoms with van der Waals surface area (Å²) in [5.41, 5.74) is 0.969. The molecule has 0 heterocycles. The van der Waals surface area contributed by atoms with Gasteiger partial charge in [-0.3, -0.25) is 19.2 Å². The number of carbonyl (C=O) groups is 4. The number of benzene rings is 2. The van der Waals surface area contributed by atoms with Gasteiger partial charge in [-0.2, -0.15) is 0 Å². The van der Waals surface area contributed by atoms with Gasteiger partial charge in [0.05, 0.1) is 9.81 Å². The molecule has 0 atom stereocenters. The molecule has 4 rings (SSSR count). The van der Waals surface area contributed by atoms with Gasteiger partial charge in [-0.15, -0.1) is 0 Å². The Kier molecular flexibility index (Phi) is 5.05. The zero-order valence-corrected chi connectivity index (χ0v) is 17.0. The molecule has 0 amide bonds. The Hall–Kier alpha value is -2.12. The highest BCUT2D eigenvalue weighted by molar-refractivity contribution is 8.80. The van der Waals surface area contributed by atoms with Gasteiger partial charge in [0.2, 0.25) is 23.1 Å². The minimum atomic E-state index is -0.462. The van der Waals surface area contributed by atoms with Crippen molar-refractivity contribution < 1.29 is 19.2 Å². The van der Waals surface area contributed by atoms with Crippen molar-refractivity contribution in [1.29, 1.82) is 0 Å². The molecular weight excluding hydrogens is 439 g/mol. The van der Waals surface area contributed by atoms with E-state index in [2.05, 4.69) is 0 Å². The Morgan fingerprint density at radius 1 is 0.500 bits per heavy atom. The van der Waals surface area contributed by atoms with Crippen molar-refractivity contribution >= 4 is 67.9 Å². The van der Waals surface area contributed by atoms with Crippen LogP contribution in [0.1, 0.15) is 41.4 Å². The SMILES string of the molecule is O=C1C(Cl)=C(SSC2=C(Cl)C(=O)c3ccccc3C2=O)C(=O)c2ccccc21. The fourth-order valence-corrected chi connectivity index (χ4v) is 6.08. The summed E-state index contributed by atoms with van der Waals surface area (Å²) < 4.78 is 0. The van der Waals surface area contributed by atoms with Crippen molar-refractivity contribution in [2.24, 2.45) is 0 Å². The van der Waals surface area contributed by atoms with Gasteiger partial charge in [-0.05, 0) is 21.6 Å². The van der Waals surface area contributed by atoms with Crippen LogP contribution in [0.5, 0.6) is 0 Å². The summed E-state index contributed by atoms with van der Waals surface area (Å²) in [5.74, 6) is -1.75. The van der Waals surface area contributed by atoms with Crippen LogP contribution in [0.3, 0.4) is 0 Å². The summed E-state index contributed by atoms with van der Waals surface area (Å²) in [5, 5.41) is -0.430. The zero-order chi connectivity index (χ0) is 20.0. The van der Waals surface area contributed by atoms with Crippen LogP contribution in [0.2, 0.25) is 0 Å². The molecule has 0 unspecified atom stereocenters. The van der Waals surface area contributed by atoms with E-state index >= 15 is 0 Å². The minimum absolute atomic E-state index is 0.00596. The third-order valence-corrected chi connectivity index (χ3v) is 7.64. The summed E-state index contributed by atoms with van der Waals surface area (Å²) in [6, 6.07) is 12.8. The molecule has 138 valence electrons. The summed E-state index contributed by atoms with van der Waals surface area (Å²) in [6.07, 6.45) is 0. The predicted molar refractivity (Wildman–Crippen MR) is 111 cm³/mol. The van der Waals surface area contributed by atoms with Crippen LogP contribution in [0.15, 0.2) is 68.4 Å². The van der Waals surface area contributed by atoms with E-state index in [0.717, 1.165) is 21.6 Å². The maximum absolute atomic E-state index is 12.7. The first-order valence-electron chi connectivity index (χ1n) is 7.92. The molecule has 0 aromatic heterocycles. The van der Waals surface area contributed by atoms with Crippen molar-refractivity contribution in [3.05, 3.63) is 90.7 Å². The van der Waals surface area contributed by atoms with Crippen LogP contribution in [0.4, 0.5) is 0 Å². The molecule has 4 nitrogen and oxygen atoms in total. The van der Waals surface area contributed by atoms with Crippen LogP contribution in [-0.4, -0.2) is 23.1 Å². The standard InChI is InChI=1S/C20H8Cl2O4S2/c21-13-15(23)9-5-1-3-7-11(9)17(25)19(13)27-28-20-14(22)16(24)10-6-2-4-8-12(10)18(20)26/h1-8H. The quantitative estimate of drug-likeness (QED) is 0.585. The van der Waals surface area contributed by atoms with E-state index in [1.165, 1.54) is 12.1 Å². The molecule has 0 saturated heterocycles. The average Bonchev–Trinajstić information content (AvgIpc) is 2.72. The van der Waals surface area contributed by atoms with Crippen molar-refractivity contribution in [1.82, 2.24) is 0 Å². The van der Waals surface area contributed by atoms with Gasteiger partial charge in [-0.1, -0.05) is 71.7 Å². The molecule has 2 aromatic rings. The van der Waals surface area contributed by atoms with E-state index < -0.39 is 23.1 Å². The second kappa shape index (κ2) is 7.37. The molecule has 0 aliphatic heterocycles. The fourth-order valence-electron chi connectivity index (χ4n) is 2.88. The van der Waals surface area contributed by atoms with Gasteiger partial charge >= 0.3 is 0 Å². The van der Waals surface area contributed by atoms with Crippen LogP contribution < -0.4 is 0 Å². The zero-order valence-electron chi connectivity index (χ0n) is 13.8. The maximum Gasteiger partial charge on any atom is 0.206 e. The van der Waals surface area contributed by atoms with E-state index in [1.54, 1.807) is 36.4 Å². The maximum atomic E-state index is 12.7. The minimum Gasteiger partial charge on any atom is -0.288 e. The van der Waals surface area contributed by atoms with Gasteiger partial charge in [0.1, 0.15) is 10.1 Å². The average molecular weight is 447 g/mol. The number of ketones is 4. The van der Waals surface area contributed by atoms with E-state index in [0.29, 0.717) is 0 Å². The lowest BCUT2D eigenvalue weighted by atomic mass is 9.95. The van der Waals surface area contributed by atoms with Gasteiger partial charge in [0.25, 0.3) is 0 Å². The number of hydrogen-bond donors (Lipinski definition) is 0. The third kappa shape index (κ3) is 2.97. The van der Waals surface area contributed by atoms with Crippen LogP contribution in [-0.2, 0) is 0 Å². The Balaban J connectivity index is 1.67. The highest BCUT2D eigenvalue weighted by Crippen LogP contribution is 2.47. The molecule has 28 heavy (non-hydrogen) atoms. The van der Waals surface area contributed by atoms with Gasteiger partial charge in [0.15, 0.2) is 0 Å². The number of halogens is 2. The Labute approximate surface area is 177 Å². The lowest BCUT2D eigenvalue weighted by Crippen LogP contribution is -2.19. The summed E-state index contributed by atoms with van der Waals surface area (Å²) >= 11 is 12.3. The van der Waals surface area contributed by atoms with E-state index in [4.69, 9.17) is 23.2 Å². The van der Waals surface area contributed by atoms with Crippen molar-refractivity contribution in [3.8, 4) is 0 Å². The second-order valence-electron chi connectivity index (χ2n) is 5.86. The summed E-state index contributed by atoms with van der Waals surface area (Å²) in [4.78, 5) is 50.4. The largest absolute Gasteiger partial charge is 0.288 e. The fraction of sp³-hybridized carbons (Fsp3) is 0. The Bertz CT molecular complexity index is 1070. The van der Waals surface area contributed by atoms with Crippen LogP contribution in [0.25, 0.3) is 0 Å². The molecule has 2 aromatic carbocycles. The highest BCUT2D eigenvalue weighted by Gasteiger charge is 2.35. The first-order chi connectivity index (χ1) is 13.4. The Morgan fingerprint density at radius 2 is 0.786 bits per heavy atom. The number of rotatable bonds is 3. The molecule has 0 spiro atoms. The molecular formula is C20H8Cl2O4S2. The highest BCUT2D eigenvalue weighted by atomic mass is 35.5. The molecule has 2 aliphatic rings. The first kappa shape index (κ1) is 19.2. The van der Waals surface area contributed by atoms with E-state index in [1.807, 2.05) is 0 Å². The predicted octanol–water partition coefficient (Wildman–Crippen LogP) is 5.43. The van der Waals surface area contributed by atoms with Crippen LogP contribution >= 0.6 is 44.8 Å². The number of allylic oxidation sites excluding steroid dienone is 4. The lowest BCUT2D eigenvalue weighted by molar-refractivity contribution is 0.0987. The van der Waals surface area contributed by atoms with Gasteiger partial charge in [-0.25, -0.2) is 0 Å². The topological polar surface area (TPSA) is 68.3 Å². The molecule has 0 fully saturated rings. The molecule has 0 saturated carbocycles. The molecule has 2 aliphatic carbocycles. The summed E-state index contributed by atoms with van der Waals surface area (Å²) in [6.45, 7) is 0. The molecule has 8 heteroatoms. The third-order valence-electron chi connectivity index (χ3n) is 4.25. The summed E-state index contributed by atoms with van der Waals surface area (Å²) in [7, 11) is 1.70. The lowest BCUT2D eigenvalue weighted by Gasteiger charge is -2.19. The number of carbonyl (C=O) groups excluding carboxylic acids is 4. The molecule has 0 bridgehead atoms. The number of Topliss-reactive ketones (excluding diaryl/α,β-unsaturated/α-hetero) is 4. The molecule has 0 radical (unpaired) electrons. The van der Waals surface area contributed by atoms with Crippen molar-refractivity contribution in [3.63, 3.8) is 0 Å². The van der Waals surface area contributed by atoms with Gasteiger partial charge in [0, 0.05) is 22.3 Å². The van der Waals surface area contributed by atoms with Crippen LogP contribution in [0, 0.1) is 0 Å². The molecule has 0 N–H and O–H groups in total. The second-order valence-corrected chi connectivity index (χ2v) is 8.77. The van der Waals surface area contributed by atoms with E-state index in [-0.39, 0.29) is 42.1 Å². The Morgan fingerprint density at radius 3 is 1.11 bits per heavy atom. The van der Waals surface area contributed by atoms with Gasteiger partial charge < -0.3 is 0 Å².